The van der Waals surface area contributed by atoms with Gasteiger partial charge in [-0.2, -0.15) is 10.1 Å². The monoisotopic (exact) mass is 472 g/mol. The highest BCUT2D eigenvalue weighted by Gasteiger charge is 2.27. The highest BCUT2D eigenvalue weighted by atomic mass is 32.2. The minimum Gasteiger partial charge on any atom is -0.322 e. The van der Waals surface area contributed by atoms with E-state index in [2.05, 4.69) is 15.7 Å². The fraction of sp³-hybridized carbons (Fsp3) is 0.154. The zero-order chi connectivity index (χ0) is 24.1. The molecule has 0 spiro atoms. The third-order valence-corrected chi connectivity index (χ3v) is 6.19. The summed E-state index contributed by atoms with van der Waals surface area (Å²) in [5.41, 5.74) is 2.90. The number of rotatable bonds is 6. The van der Waals surface area contributed by atoms with Crippen molar-refractivity contribution < 1.29 is 14.4 Å². The van der Waals surface area contributed by atoms with Crippen molar-refractivity contribution in [3.05, 3.63) is 90.0 Å². The van der Waals surface area contributed by atoms with Gasteiger partial charge in [-0.15, -0.1) is 11.8 Å². The lowest BCUT2D eigenvalue weighted by atomic mass is 10.1. The number of hydrogen-bond acceptors (Lipinski definition) is 5. The fourth-order valence-electron chi connectivity index (χ4n) is 3.41. The molecule has 0 radical (unpaired) electrons. The van der Waals surface area contributed by atoms with Crippen LogP contribution in [0, 0.1) is 6.92 Å². The molecule has 2 N–H and O–H groups in total. The van der Waals surface area contributed by atoms with E-state index in [1.54, 1.807) is 31.2 Å². The highest BCUT2D eigenvalue weighted by Crippen LogP contribution is 2.26. The van der Waals surface area contributed by atoms with Crippen molar-refractivity contribution in [3.8, 4) is 0 Å². The van der Waals surface area contributed by atoms with Gasteiger partial charge in [0.2, 0.25) is 5.91 Å². The van der Waals surface area contributed by atoms with Gasteiger partial charge in [-0.1, -0.05) is 42.0 Å². The molecule has 7 nitrogen and oxygen atoms in total. The molecule has 1 heterocycles. The van der Waals surface area contributed by atoms with Crippen molar-refractivity contribution in [2.45, 2.75) is 30.4 Å². The Morgan fingerprint density at radius 1 is 0.971 bits per heavy atom. The highest BCUT2D eigenvalue weighted by molar-refractivity contribution is 8.00. The summed E-state index contributed by atoms with van der Waals surface area (Å²) in [6, 6.07) is 23.8. The number of amidine groups is 1. The molecule has 4 rings (SSSR count). The molecule has 34 heavy (non-hydrogen) atoms. The Morgan fingerprint density at radius 2 is 1.74 bits per heavy atom. The lowest BCUT2D eigenvalue weighted by Crippen LogP contribution is -2.35. The molecule has 8 heteroatoms. The third-order valence-electron chi connectivity index (χ3n) is 5.10. The Balaban J connectivity index is 1.36. The van der Waals surface area contributed by atoms with Crippen molar-refractivity contribution in [2.75, 3.05) is 10.3 Å². The summed E-state index contributed by atoms with van der Waals surface area (Å²) < 4.78 is 0. The summed E-state index contributed by atoms with van der Waals surface area (Å²) in [4.78, 5) is 38.4. The predicted molar refractivity (Wildman–Crippen MR) is 135 cm³/mol. The lowest BCUT2D eigenvalue weighted by molar-refractivity contribution is -0.118. The first-order valence-corrected chi connectivity index (χ1v) is 11.7. The first kappa shape index (κ1) is 23.3. The van der Waals surface area contributed by atoms with Gasteiger partial charge in [0.05, 0.1) is 17.4 Å². The molecule has 1 unspecified atom stereocenters. The smallest absolute Gasteiger partial charge is 0.255 e. The molecular weight excluding hydrogens is 448 g/mol. The Kier molecular flexibility index (Phi) is 7.08. The molecule has 0 aliphatic carbocycles. The normalized spacial score (nSPS) is 13.9. The number of para-hydroxylation sites is 1. The molecule has 0 aromatic heterocycles. The van der Waals surface area contributed by atoms with Crippen LogP contribution in [0.1, 0.15) is 29.3 Å². The summed E-state index contributed by atoms with van der Waals surface area (Å²) in [5, 5.41) is 10.8. The predicted octanol–water partition coefficient (Wildman–Crippen LogP) is 4.59. The summed E-state index contributed by atoms with van der Waals surface area (Å²) in [6.07, 6.45) is 0.0402. The van der Waals surface area contributed by atoms with Crippen molar-refractivity contribution in [1.82, 2.24) is 5.32 Å². The maximum atomic E-state index is 12.7. The lowest BCUT2D eigenvalue weighted by Gasteiger charge is -2.13. The van der Waals surface area contributed by atoms with E-state index < -0.39 is 5.25 Å². The van der Waals surface area contributed by atoms with E-state index in [1.165, 1.54) is 16.8 Å². The first-order chi connectivity index (χ1) is 16.4. The van der Waals surface area contributed by atoms with E-state index in [0.29, 0.717) is 22.8 Å². The number of amides is 3. The van der Waals surface area contributed by atoms with E-state index in [9.17, 15) is 14.4 Å². The van der Waals surface area contributed by atoms with E-state index in [4.69, 9.17) is 0 Å². The number of hydrogen-bond donors (Lipinski definition) is 2. The molecule has 172 valence electrons. The second-order valence-electron chi connectivity index (χ2n) is 7.87. The second-order valence-corrected chi connectivity index (χ2v) is 9.28. The molecule has 1 aliphatic rings. The van der Waals surface area contributed by atoms with Crippen LogP contribution < -0.4 is 15.6 Å². The molecule has 1 atom stereocenters. The van der Waals surface area contributed by atoms with E-state index in [-0.39, 0.29) is 24.1 Å². The largest absolute Gasteiger partial charge is 0.322 e. The van der Waals surface area contributed by atoms with Crippen LogP contribution >= 0.6 is 11.8 Å². The molecule has 0 bridgehead atoms. The zero-order valence-electron chi connectivity index (χ0n) is 18.8. The summed E-state index contributed by atoms with van der Waals surface area (Å²) >= 11 is 1.36. The number of nitrogens with zero attached hydrogens (tertiary/aromatic N) is 2. The van der Waals surface area contributed by atoms with Gasteiger partial charge in [0.15, 0.2) is 0 Å². The van der Waals surface area contributed by atoms with Gasteiger partial charge in [0.25, 0.3) is 11.8 Å². The molecule has 0 saturated carbocycles. The third kappa shape index (κ3) is 5.71. The zero-order valence-corrected chi connectivity index (χ0v) is 19.6. The molecule has 3 aromatic carbocycles. The molecule has 3 aromatic rings. The molecule has 0 fully saturated rings. The van der Waals surface area contributed by atoms with E-state index in [0.717, 1.165) is 10.5 Å². The quantitative estimate of drug-likeness (QED) is 0.513. The minimum absolute atomic E-state index is 0.0402. The van der Waals surface area contributed by atoms with Gasteiger partial charge in [-0.05, 0) is 56.3 Å². The number of carbonyl (C=O) groups excluding carboxylic acids is 3. The molecule has 3 amide bonds. The SMILES string of the molecule is Cc1cccc(C(=O)Nc2cccc(SC(C)C(=O)NC3=NN(c4ccccc4)C(=O)C3)c2)c1. The average molecular weight is 473 g/mol. The van der Waals surface area contributed by atoms with Crippen LogP contribution in [0.15, 0.2) is 88.9 Å². The maximum absolute atomic E-state index is 12.7. The van der Waals surface area contributed by atoms with Crippen molar-refractivity contribution >= 4 is 46.7 Å². The van der Waals surface area contributed by atoms with Crippen molar-refractivity contribution in [2.24, 2.45) is 5.10 Å². The van der Waals surface area contributed by atoms with Crippen LogP contribution in [0.4, 0.5) is 11.4 Å². The van der Waals surface area contributed by atoms with E-state index in [1.807, 2.05) is 61.5 Å². The first-order valence-electron chi connectivity index (χ1n) is 10.8. The number of thioether (sulfide) groups is 1. The molecular formula is C26H24N4O3S. The Morgan fingerprint density at radius 3 is 2.50 bits per heavy atom. The fourth-order valence-corrected chi connectivity index (χ4v) is 4.33. The second kappa shape index (κ2) is 10.4. The van der Waals surface area contributed by atoms with Crippen LogP contribution in [0.25, 0.3) is 0 Å². The molecule has 0 saturated heterocycles. The van der Waals surface area contributed by atoms with Gasteiger partial charge < -0.3 is 10.6 Å². The number of aryl methyl sites for hydroxylation is 1. The van der Waals surface area contributed by atoms with Crippen molar-refractivity contribution in [3.63, 3.8) is 0 Å². The number of anilines is 2. The van der Waals surface area contributed by atoms with Crippen LogP contribution in [-0.2, 0) is 9.59 Å². The molecule has 1 aliphatic heterocycles. The van der Waals surface area contributed by atoms with Crippen LogP contribution in [-0.4, -0.2) is 28.8 Å². The Bertz CT molecular complexity index is 1260. The van der Waals surface area contributed by atoms with Gasteiger partial charge in [-0.25, -0.2) is 0 Å². The maximum Gasteiger partial charge on any atom is 0.255 e. The Hall–Kier alpha value is -3.91. The summed E-state index contributed by atoms with van der Waals surface area (Å²) in [5.74, 6) is -0.312. The van der Waals surface area contributed by atoms with Crippen LogP contribution in [0.5, 0.6) is 0 Å². The van der Waals surface area contributed by atoms with Gasteiger partial charge in [0, 0.05) is 16.1 Å². The standard InChI is InChI=1S/C26H24N4O3S/c1-17-8-6-9-19(14-17)26(33)27-20-10-7-13-22(15-20)34-18(2)25(32)28-23-16-24(31)30(29-23)21-11-4-3-5-12-21/h3-15,18H,16H2,1-2H3,(H,27,33)(H,28,29,32). The number of carbonyl (C=O) groups is 3. The number of nitrogens with one attached hydrogen (secondary N) is 2. The van der Waals surface area contributed by atoms with Gasteiger partial charge in [0.1, 0.15) is 5.84 Å². The van der Waals surface area contributed by atoms with Crippen LogP contribution in [0.3, 0.4) is 0 Å². The summed E-state index contributed by atoms with van der Waals surface area (Å²) in [6.45, 7) is 3.72. The number of hydrazone groups is 1. The Labute approximate surface area is 202 Å². The topological polar surface area (TPSA) is 90.9 Å². The van der Waals surface area contributed by atoms with Gasteiger partial charge >= 0.3 is 0 Å². The minimum atomic E-state index is -0.439. The van der Waals surface area contributed by atoms with E-state index >= 15 is 0 Å². The number of benzene rings is 3. The summed E-state index contributed by atoms with van der Waals surface area (Å²) in [7, 11) is 0. The van der Waals surface area contributed by atoms with Crippen molar-refractivity contribution in [1.29, 1.82) is 0 Å². The van der Waals surface area contributed by atoms with Crippen LogP contribution in [0.2, 0.25) is 0 Å². The average Bonchev–Trinajstić information content (AvgIpc) is 3.19. The van der Waals surface area contributed by atoms with Gasteiger partial charge in [-0.3, -0.25) is 14.4 Å².